The Morgan fingerprint density at radius 3 is 2.74 bits per heavy atom. The Hall–Kier alpha value is -1.99. The van der Waals surface area contributed by atoms with Crippen molar-refractivity contribution in [1.29, 1.82) is 0 Å². The number of carbonyl (C=O) groups excluding carboxylic acids is 1. The molecule has 0 aromatic heterocycles. The fourth-order valence-electron chi connectivity index (χ4n) is 1.68. The van der Waals surface area contributed by atoms with Gasteiger partial charge in [0.2, 0.25) is 0 Å². The lowest BCUT2D eigenvalue weighted by Gasteiger charge is -2.28. The molecule has 0 aliphatic carbocycles. The number of rotatable bonds is 4. The molecular weight excluding hydrogens is 240 g/mol. The second-order valence-electron chi connectivity index (χ2n) is 4.98. The first-order valence-electron chi connectivity index (χ1n) is 6.20. The molecule has 0 aliphatic rings. The van der Waals surface area contributed by atoms with Crippen LogP contribution in [0.2, 0.25) is 0 Å². The molecule has 0 unspecified atom stereocenters. The van der Waals surface area contributed by atoms with Crippen LogP contribution in [0.5, 0.6) is 0 Å². The summed E-state index contributed by atoms with van der Waals surface area (Å²) >= 11 is 0. The number of hydrogen-bond donors (Lipinski definition) is 2. The van der Waals surface area contributed by atoms with Crippen molar-refractivity contribution in [3.05, 3.63) is 29.8 Å². The Morgan fingerprint density at radius 2 is 2.21 bits per heavy atom. The van der Waals surface area contributed by atoms with Crippen LogP contribution in [-0.2, 0) is 0 Å². The average molecular weight is 260 g/mol. The lowest BCUT2D eigenvalue weighted by atomic mass is 10.1. The Balaban J connectivity index is 2.74. The first-order chi connectivity index (χ1) is 8.85. The molecular formula is C15H20N2O2. The van der Waals surface area contributed by atoms with Crippen molar-refractivity contribution in [3.8, 4) is 12.3 Å². The summed E-state index contributed by atoms with van der Waals surface area (Å²) in [7, 11) is 0. The molecule has 0 aliphatic heterocycles. The van der Waals surface area contributed by atoms with Crippen LogP contribution in [-0.4, -0.2) is 34.7 Å². The Labute approximate surface area is 114 Å². The number of urea groups is 1. The van der Waals surface area contributed by atoms with E-state index in [2.05, 4.69) is 11.2 Å². The zero-order chi connectivity index (χ0) is 14.5. The molecule has 0 fully saturated rings. The van der Waals surface area contributed by atoms with Gasteiger partial charge in [-0.1, -0.05) is 12.0 Å². The molecule has 1 aromatic carbocycles. The van der Waals surface area contributed by atoms with Crippen LogP contribution in [0.25, 0.3) is 0 Å². The number of nitrogens with zero attached hydrogens (tertiary/aromatic N) is 1. The van der Waals surface area contributed by atoms with Gasteiger partial charge in [-0.2, -0.15) is 0 Å². The minimum absolute atomic E-state index is 0.251. The van der Waals surface area contributed by atoms with E-state index in [1.165, 1.54) is 0 Å². The van der Waals surface area contributed by atoms with Gasteiger partial charge in [0.1, 0.15) is 0 Å². The van der Waals surface area contributed by atoms with Gasteiger partial charge in [0.05, 0.1) is 12.1 Å². The molecule has 0 saturated heterocycles. The summed E-state index contributed by atoms with van der Waals surface area (Å²) < 4.78 is 0. The highest BCUT2D eigenvalue weighted by Gasteiger charge is 2.21. The van der Waals surface area contributed by atoms with E-state index in [1.807, 2.05) is 6.92 Å². The van der Waals surface area contributed by atoms with E-state index < -0.39 is 5.60 Å². The number of benzene rings is 1. The lowest BCUT2D eigenvalue weighted by Crippen LogP contribution is -2.44. The third kappa shape index (κ3) is 5.02. The van der Waals surface area contributed by atoms with Crippen LogP contribution < -0.4 is 5.32 Å². The second kappa shape index (κ2) is 6.26. The van der Waals surface area contributed by atoms with Crippen LogP contribution in [0.15, 0.2) is 24.3 Å². The highest BCUT2D eigenvalue weighted by Crippen LogP contribution is 2.12. The zero-order valence-corrected chi connectivity index (χ0v) is 11.6. The predicted molar refractivity (Wildman–Crippen MR) is 76.9 cm³/mol. The van der Waals surface area contributed by atoms with Crippen LogP contribution in [0.1, 0.15) is 26.3 Å². The highest BCUT2D eigenvalue weighted by atomic mass is 16.3. The Bertz CT molecular complexity index is 484. The fourth-order valence-corrected chi connectivity index (χ4v) is 1.68. The summed E-state index contributed by atoms with van der Waals surface area (Å²) in [4.78, 5) is 13.6. The largest absolute Gasteiger partial charge is 0.389 e. The van der Waals surface area contributed by atoms with Crippen molar-refractivity contribution in [1.82, 2.24) is 4.90 Å². The number of anilines is 1. The number of nitrogens with one attached hydrogen (secondary N) is 1. The number of hydrogen-bond acceptors (Lipinski definition) is 2. The Kier molecular flexibility index (Phi) is 4.96. The monoisotopic (exact) mass is 260 g/mol. The molecule has 0 bridgehead atoms. The van der Waals surface area contributed by atoms with E-state index >= 15 is 0 Å². The first kappa shape index (κ1) is 15.1. The minimum atomic E-state index is -0.923. The van der Waals surface area contributed by atoms with Crippen molar-refractivity contribution in [2.24, 2.45) is 0 Å². The van der Waals surface area contributed by atoms with Gasteiger partial charge in [0.15, 0.2) is 0 Å². The second-order valence-corrected chi connectivity index (χ2v) is 4.98. The van der Waals surface area contributed by atoms with Gasteiger partial charge in [0.25, 0.3) is 0 Å². The summed E-state index contributed by atoms with van der Waals surface area (Å²) in [6.07, 6.45) is 5.31. The lowest BCUT2D eigenvalue weighted by molar-refractivity contribution is 0.0501. The van der Waals surface area contributed by atoms with Gasteiger partial charge in [-0.25, -0.2) is 4.79 Å². The highest BCUT2D eigenvalue weighted by molar-refractivity contribution is 5.89. The molecule has 0 heterocycles. The SMILES string of the molecule is C#Cc1cccc(NC(=O)N(CC)CC(C)(C)O)c1. The van der Waals surface area contributed by atoms with Crippen LogP contribution in [0.4, 0.5) is 10.5 Å². The number of carbonyl (C=O) groups is 1. The molecule has 0 spiro atoms. The van der Waals surface area contributed by atoms with Crippen molar-refractivity contribution in [2.75, 3.05) is 18.4 Å². The molecule has 0 atom stereocenters. The van der Waals surface area contributed by atoms with Crippen LogP contribution >= 0.6 is 0 Å². The maximum absolute atomic E-state index is 12.1. The van der Waals surface area contributed by atoms with E-state index in [0.717, 1.165) is 0 Å². The van der Waals surface area contributed by atoms with Crippen molar-refractivity contribution in [3.63, 3.8) is 0 Å². The van der Waals surface area contributed by atoms with E-state index in [-0.39, 0.29) is 12.6 Å². The molecule has 19 heavy (non-hydrogen) atoms. The molecule has 102 valence electrons. The van der Waals surface area contributed by atoms with E-state index in [0.29, 0.717) is 17.8 Å². The molecule has 1 rings (SSSR count). The fraction of sp³-hybridized carbons (Fsp3) is 0.400. The maximum atomic E-state index is 12.1. The van der Waals surface area contributed by atoms with Gasteiger partial charge in [-0.15, -0.1) is 6.42 Å². The van der Waals surface area contributed by atoms with E-state index in [1.54, 1.807) is 43.0 Å². The molecule has 0 saturated carbocycles. The van der Waals surface area contributed by atoms with Gasteiger partial charge in [-0.3, -0.25) is 0 Å². The number of likely N-dealkylation sites (N-methyl/N-ethyl adjacent to an activating group) is 1. The maximum Gasteiger partial charge on any atom is 0.321 e. The third-order valence-electron chi connectivity index (χ3n) is 2.53. The summed E-state index contributed by atoms with van der Waals surface area (Å²) in [5.41, 5.74) is 0.437. The first-order valence-corrected chi connectivity index (χ1v) is 6.20. The Morgan fingerprint density at radius 1 is 1.53 bits per heavy atom. The van der Waals surface area contributed by atoms with Crippen molar-refractivity contribution in [2.45, 2.75) is 26.4 Å². The van der Waals surface area contributed by atoms with E-state index in [4.69, 9.17) is 6.42 Å². The van der Waals surface area contributed by atoms with Gasteiger partial charge >= 0.3 is 6.03 Å². The quantitative estimate of drug-likeness (QED) is 0.816. The molecule has 1 aromatic rings. The minimum Gasteiger partial charge on any atom is -0.389 e. The molecule has 2 N–H and O–H groups in total. The van der Waals surface area contributed by atoms with Gasteiger partial charge < -0.3 is 15.3 Å². The van der Waals surface area contributed by atoms with Gasteiger partial charge in [-0.05, 0) is 39.0 Å². The number of aliphatic hydroxyl groups is 1. The smallest absolute Gasteiger partial charge is 0.321 e. The summed E-state index contributed by atoms with van der Waals surface area (Å²) in [6, 6.07) is 6.84. The molecule has 4 nitrogen and oxygen atoms in total. The number of amides is 2. The summed E-state index contributed by atoms with van der Waals surface area (Å²) in [5, 5.41) is 12.5. The summed E-state index contributed by atoms with van der Waals surface area (Å²) in [6.45, 7) is 5.99. The molecule has 2 amide bonds. The molecule has 4 heteroatoms. The van der Waals surface area contributed by atoms with Crippen LogP contribution in [0.3, 0.4) is 0 Å². The topological polar surface area (TPSA) is 52.6 Å². The number of terminal acetylenes is 1. The average Bonchev–Trinajstić information content (AvgIpc) is 2.35. The standard InChI is InChI=1S/C15H20N2O2/c1-5-12-8-7-9-13(10-12)16-14(18)17(6-2)11-15(3,4)19/h1,7-10,19H,6,11H2,2-4H3,(H,16,18). The van der Waals surface area contributed by atoms with Crippen molar-refractivity contribution >= 4 is 11.7 Å². The van der Waals surface area contributed by atoms with Gasteiger partial charge in [0, 0.05) is 17.8 Å². The van der Waals surface area contributed by atoms with E-state index in [9.17, 15) is 9.90 Å². The third-order valence-corrected chi connectivity index (χ3v) is 2.53. The van der Waals surface area contributed by atoms with Crippen LogP contribution in [0, 0.1) is 12.3 Å². The zero-order valence-electron chi connectivity index (χ0n) is 11.6. The molecule has 0 radical (unpaired) electrons. The predicted octanol–water partition coefficient (Wildman–Crippen LogP) is 2.29. The van der Waals surface area contributed by atoms with Crippen molar-refractivity contribution < 1.29 is 9.90 Å². The normalized spacial score (nSPS) is 10.7. The summed E-state index contributed by atoms with van der Waals surface area (Å²) in [5.74, 6) is 2.52.